The van der Waals surface area contributed by atoms with E-state index in [0.29, 0.717) is 5.56 Å². The van der Waals surface area contributed by atoms with E-state index in [1.807, 2.05) is 5.32 Å². The van der Waals surface area contributed by atoms with E-state index in [2.05, 4.69) is 9.72 Å². The molecule has 1 aromatic heterocycles. The molecule has 1 amide bonds. The predicted octanol–water partition coefficient (Wildman–Crippen LogP) is 2.73. The van der Waals surface area contributed by atoms with Gasteiger partial charge in [0, 0.05) is 17.1 Å². The summed E-state index contributed by atoms with van der Waals surface area (Å²) in [4.78, 5) is 28.1. The number of hydrogen-bond donors (Lipinski definition) is 2. The Bertz CT molecular complexity index is 765. The summed E-state index contributed by atoms with van der Waals surface area (Å²) >= 11 is 0.839. The first kappa shape index (κ1) is 18.7. The zero-order valence-corrected chi connectivity index (χ0v) is 14.0. The van der Waals surface area contributed by atoms with Crippen molar-refractivity contribution >= 4 is 28.3 Å². The fourth-order valence-electron chi connectivity index (χ4n) is 2.05. The van der Waals surface area contributed by atoms with E-state index in [-0.39, 0.29) is 10.7 Å². The number of benzene rings is 1. The molecule has 1 heterocycles. The SMILES string of the molecule is COC(=O)[C@@](NC(=O)c1ccccc1C)(Nc1nccs1)C(F)(F)F. The number of carbonyl (C=O) groups is 2. The smallest absolute Gasteiger partial charge is 0.442 e. The van der Waals surface area contributed by atoms with Crippen LogP contribution in [-0.2, 0) is 9.53 Å². The number of amides is 1. The van der Waals surface area contributed by atoms with Gasteiger partial charge >= 0.3 is 17.8 Å². The number of alkyl halides is 3. The number of hydrogen-bond acceptors (Lipinski definition) is 6. The minimum absolute atomic E-state index is 0.000895. The highest BCUT2D eigenvalue weighted by Gasteiger charge is 2.64. The van der Waals surface area contributed by atoms with Crippen molar-refractivity contribution < 1.29 is 27.5 Å². The van der Waals surface area contributed by atoms with Crippen molar-refractivity contribution in [3.05, 3.63) is 47.0 Å². The molecule has 0 aliphatic rings. The van der Waals surface area contributed by atoms with Gasteiger partial charge in [-0.1, -0.05) is 18.2 Å². The Morgan fingerprint density at radius 1 is 1.24 bits per heavy atom. The summed E-state index contributed by atoms with van der Waals surface area (Å²) in [6, 6.07) is 6.06. The highest BCUT2D eigenvalue weighted by molar-refractivity contribution is 7.13. The molecule has 134 valence electrons. The molecule has 25 heavy (non-hydrogen) atoms. The van der Waals surface area contributed by atoms with Crippen LogP contribution in [0.2, 0.25) is 0 Å². The monoisotopic (exact) mass is 373 g/mol. The molecule has 2 N–H and O–H groups in total. The average molecular weight is 373 g/mol. The quantitative estimate of drug-likeness (QED) is 0.622. The maximum absolute atomic E-state index is 13.8. The largest absolute Gasteiger partial charge is 0.466 e. The van der Waals surface area contributed by atoms with E-state index in [4.69, 9.17) is 0 Å². The molecule has 2 aromatic rings. The number of nitrogens with one attached hydrogen (secondary N) is 2. The summed E-state index contributed by atoms with van der Waals surface area (Å²) in [6.45, 7) is 1.57. The molecular weight excluding hydrogens is 359 g/mol. The normalized spacial score (nSPS) is 13.6. The van der Waals surface area contributed by atoms with Gasteiger partial charge in [-0.2, -0.15) is 13.2 Å². The summed E-state index contributed by atoms with van der Waals surface area (Å²) in [7, 11) is 0.798. The highest BCUT2D eigenvalue weighted by atomic mass is 32.1. The van der Waals surface area contributed by atoms with Crippen LogP contribution in [0.5, 0.6) is 0 Å². The van der Waals surface area contributed by atoms with Gasteiger partial charge in [-0.3, -0.25) is 4.79 Å². The third-order valence-electron chi connectivity index (χ3n) is 3.33. The minimum atomic E-state index is -5.19. The molecule has 0 saturated carbocycles. The Kier molecular flexibility index (Phi) is 5.31. The molecule has 0 aliphatic carbocycles. The number of nitrogens with zero attached hydrogens (tertiary/aromatic N) is 1. The topological polar surface area (TPSA) is 80.3 Å². The number of halogens is 3. The van der Waals surface area contributed by atoms with Crippen molar-refractivity contribution in [2.75, 3.05) is 12.4 Å². The summed E-state index contributed by atoms with van der Waals surface area (Å²) in [6.07, 6.45) is -3.93. The predicted molar refractivity (Wildman–Crippen MR) is 85.2 cm³/mol. The van der Waals surface area contributed by atoms with Crippen LogP contribution in [0, 0.1) is 6.92 Å². The maximum Gasteiger partial charge on any atom is 0.442 e. The first-order valence-corrected chi connectivity index (χ1v) is 7.80. The van der Waals surface area contributed by atoms with Gasteiger partial charge in [-0.05, 0) is 18.6 Å². The molecule has 6 nitrogen and oxygen atoms in total. The van der Waals surface area contributed by atoms with Crippen molar-refractivity contribution in [2.24, 2.45) is 0 Å². The highest BCUT2D eigenvalue weighted by Crippen LogP contribution is 2.34. The van der Waals surface area contributed by atoms with Crippen LogP contribution >= 0.6 is 11.3 Å². The van der Waals surface area contributed by atoms with Crippen LogP contribution in [0.4, 0.5) is 18.3 Å². The van der Waals surface area contributed by atoms with Gasteiger partial charge in [-0.15, -0.1) is 11.3 Å². The second-order valence-electron chi connectivity index (χ2n) is 4.97. The van der Waals surface area contributed by atoms with Crippen molar-refractivity contribution in [1.29, 1.82) is 0 Å². The van der Waals surface area contributed by atoms with Crippen LogP contribution < -0.4 is 10.6 Å². The lowest BCUT2D eigenvalue weighted by molar-refractivity contribution is -0.203. The molecule has 2 rings (SSSR count). The van der Waals surface area contributed by atoms with Gasteiger partial charge in [0.25, 0.3) is 5.91 Å². The number of ether oxygens (including phenoxy) is 1. The molecule has 0 saturated heterocycles. The van der Waals surface area contributed by atoms with Crippen LogP contribution in [0.3, 0.4) is 0 Å². The zero-order chi connectivity index (χ0) is 18.7. The Hall–Kier alpha value is -2.62. The number of methoxy groups -OCH3 is 1. The Balaban J connectivity index is 2.48. The van der Waals surface area contributed by atoms with Gasteiger partial charge in [0.2, 0.25) is 0 Å². The van der Waals surface area contributed by atoms with E-state index in [1.54, 1.807) is 24.4 Å². The Morgan fingerprint density at radius 2 is 1.92 bits per heavy atom. The molecular formula is C15H14F3N3O3S. The van der Waals surface area contributed by atoms with Crippen LogP contribution in [0.25, 0.3) is 0 Å². The van der Waals surface area contributed by atoms with Crippen molar-refractivity contribution in [2.45, 2.75) is 18.8 Å². The molecule has 0 fully saturated rings. The first-order valence-electron chi connectivity index (χ1n) is 6.92. The molecule has 0 bridgehead atoms. The fourth-order valence-corrected chi connectivity index (χ4v) is 2.64. The van der Waals surface area contributed by atoms with E-state index in [0.717, 1.165) is 18.4 Å². The molecule has 0 aliphatic heterocycles. The Labute approximate surface area is 145 Å². The lowest BCUT2D eigenvalue weighted by Gasteiger charge is -2.34. The van der Waals surface area contributed by atoms with Crippen molar-refractivity contribution in [1.82, 2.24) is 10.3 Å². The Morgan fingerprint density at radius 3 is 2.44 bits per heavy atom. The van der Waals surface area contributed by atoms with Crippen molar-refractivity contribution in [3.63, 3.8) is 0 Å². The van der Waals surface area contributed by atoms with Gasteiger partial charge < -0.3 is 15.4 Å². The summed E-state index contributed by atoms with van der Waals surface area (Å²) in [5.74, 6) is -2.79. The number of thiazole rings is 1. The maximum atomic E-state index is 13.8. The number of carbonyl (C=O) groups excluding carboxylic acids is 2. The molecule has 1 atom stereocenters. The molecule has 0 spiro atoms. The van der Waals surface area contributed by atoms with Gasteiger partial charge in [0.1, 0.15) is 0 Å². The van der Waals surface area contributed by atoms with Gasteiger partial charge in [0.05, 0.1) is 7.11 Å². The lowest BCUT2D eigenvalue weighted by Crippen LogP contribution is -2.69. The van der Waals surface area contributed by atoms with E-state index >= 15 is 0 Å². The van der Waals surface area contributed by atoms with E-state index in [1.165, 1.54) is 23.7 Å². The number of aromatic nitrogens is 1. The molecule has 10 heteroatoms. The lowest BCUT2D eigenvalue weighted by atomic mass is 10.1. The van der Waals surface area contributed by atoms with Crippen LogP contribution in [0.15, 0.2) is 35.8 Å². The number of esters is 1. The summed E-state index contributed by atoms with van der Waals surface area (Å²) < 4.78 is 45.6. The number of aryl methyl sites for hydroxylation is 1. The van der Waals surface area contributed by atoms with Crippen molar-refractivity contribution in [3.8, 4) is 0 Å². The third kappa shape index (κ3) is 3.73. The number of anilines is 1. The van der Waals surface area contributed by atoms with E-state index < -0.39 is 23.7 Å². The molecule has 0 radical (unpaired) electrons. The second kappa shape index (κ2) is 7.09. The van der Waals surface area contributed by atoms with Gasteiger partial charge in [-0.25, -0.2) is 9.78 Å². The second-order valence-corrected chi connectivity index (χ2v) is 5.87. The standard InChI is InChI=1S/C15H14F3N3O3S/c1-9-5-3-4-6-10(9)11(22)20-14(12(23)24-2,15(16,17)18)21-13-19-7-8-25-13/h3-8H,1-2H3,(H,19,21)(H,20,22)/t14-/m1/s1. The van der Waals surface area contributed by atoms with E-state index in [9.17, 15) is 22.8 Å². The summed E-state index contributed by atoms with van der Waals surface area (Å²) in [5.41, 5.74) is -3.02. The third-order valence-corrected chi connectivity index (χ3v) is 4.02. The average Bonchev–Trinajstić information content (AvgIpc) is 3.05. The first-order chi connectivity index (χ1) is 11.7. The fraction of sp³-hybridized carbons (Fsp3) is 0.267. The van der Waals surface area contributed by atoms with Crippen LogP contribution in [0.1, 0.15) is 15.9 Å². The minimum Gasteiger partial charge on any atom is -0.466 e. The molecule has 0 unspecified atom stereocenters. The number of rotatable bonds is 5. The molecule has 1 aromatic carbocycles. The van der Waals surface area contributed by atoms with Crippen LogP contribution in [-0.4, -0.2) is 35.8 Å². The zero-order valence-electron chi connectivity index (χ0n) is 13.2. The van der Waals surface area contributed by atoms with Gasteiger partial charge in [0.15, 0.2) is 5.13 Å². The summed E-state index contributed by atoms with van der Waals surface area (Å²) in [5, 5.41) is 4.91.